The Morgan fingerprint density at radius 3 is 2.48 bits per heavy atom. The van der Waals surface area contributed by atoms with Crippen molar-refractivity contribution >= 4 is 24.2 Å². The molecule has 8 nitrogen and oxygen atoms in total. The van der Waals surface area contributed by atoms with E-state index >= 15 is 0 Å². The van der Waals surface area contributed by atoms with Crippen molar-refractivity contribution in [1.82, 2.24) is 16.0 Å². The van der Waals surface area contributed by atoms with Crippen molar-refractivity contribution in [3.63, 3.8) is 0 Å². The summed E-state index contributed by atoms with van der Waals surface area (Å²) in [4.78, 5) is 24.4. The van der Waals surface area contributed by atoms with E-state index in [4.69, 9.17) is 14.2 Å². The second kappa shape index (κ2) is 12.5. The molecule has 2 rings (SSSR count). The maximum absolute atomic E-state index is 12.8. The molecule has 1 heterocycles. The van der Waals surface area contributed by atoms with Gasteiger partial charge in [0.2, 0.25) is 5.91 Å². The lowest BCUT2D eigenvalue weighted by Gasteiger charge is -2.35. The average Bonchev–Trinajstić information content (AvgIpc) is 2.71. The van der Waals surface area contributed by atoms with Gasteiger partial charge in [-0.2, -0.15) is 0 Å². The van der Waals surface area contributed by atoms with Gasteiger partial charge in [0.15, 0.2) is 18.1 Å². The van der Waals surface area contributed by atoms with Crippen LogP contribution in [-0.4, -0.2) is 58.9 Å². The maximum Gasteiger partial charge on any atom is 0.257 e. The molecule has 1 saturated heterocycles. The number of likely N-dealkylation sites (N-methyl/N-ethyl adjacent to an activating group) is 1. The van der Waals surface area contributed by atoms with Gasteiger partial charge in [-0.25, -0.2) is 0 Å². The number of amides is 2. The first kappa shape index (κ1) is 25.0. The topological polar surface area (TPSA) is 97.9 Å². The number of carbonyl (C=O) groups is 2. The first-order valence-electron chi connectivity index (χ1n) is 9.59. The predicted octanol–water partition coefficient (Wildman–Crippen LogP) is 1.26. The van der Waals surface area contributed by atoms with Crippen LogP contribution in [0.2, 0.25) is 0 Å². The molecule has 1 aromatic carbocycles. The molecule has 0 saturated carbocycles. The number of benzene rings is 1. The summed E-state index contributed by atoms with van der Waals surface area (Å²) in [6, 6.07) is 5.40. The van der Waals surface area contributed by atoms with Gasteiger partial charge < -0.3 is 30.2 Å². The molecule has 0 aromatic heterocycles. The number of ether oxygens (including phenoxy) is 3. The third-order valence-electron chi connectivity index (χ3n) is 4.88. The van der Waals surface area contributed by atoms with Gasteiger partial charge in [-0.05, 0) is 50.6 Å². The highest BCUT2D eigenvalue weighted by Crippen LogP contribution is 2.30. The van der Waals surface area contributed by atoms with E-state index in [-0.39, 0.29) is 30.8 Å². The molecule has 0 radical (unpaired) electrons. The Balaban J connectivity index is 0.00000420. The molecule has 1 aliphatic rings. The molecule has 1 fully saturated rings. The average molecular weight is 430 g/mol. The molecule has 1 aliphatic heterocycles. The van der Waals surface area contributed by atoms with E-state index in [0.29, 0.717) is 31.2 Å². The van der Waals surface area contributed by atoms with Gasteiger partial charge in [0, 0.05) is 20.2 Å². The fourth-order valence-corrected chi connectivity index (χ4v) is 3.32. The first-order valence-corrected chi connectivity index (χ1v) is 9.59. The van der Waals surface area contributed by atoms with E-state index in [1.807, 2.05) is 13.0 Å². The number of methoxy groups -OCH3 is 2. The summed E-state index contributed by atoms with van der Waals surface area (Å²) in [5.74, 6) is 0.820. The summed E-state index contributed by atoms with van der Waals surface area (Å²) < 4.78 is 16.2. The highest BCUT2D eigenvalue weighted by atomic mass is 35.5. The Morgan fingerprint density at radius 2 is 1.86 bits per heavy atom. The normalized spacial score (nSPS) is 15.0. The van der Waals surface area contributed by atoms with Crippen LogP contribution in [0, 0.1) is 5.41 Å². The Morgan fingerprint density at radius 1 is 1.14 bits per heavy atom. The molecule has 3 N–H and O–H groups in total. The molecule has 164 valence electrons. The monoisotopic (exact) mass is 429 g/mol. The number of hydrogen-bond donors (Lipinski definition) is 3. The second-order valence-electron chi connectivity index (χ2n) is 6.87. The lowest BCUT2D eigenvalue weighted by Crippen LogP contribution is -2.49. The van der Waals surface area contributed by atoms with Crippen LogP contribution in [0.15, 0.2) is 18.2 Å². The van der Waals surface area contributed by atoms with Crippen LogP contribution in [-0.2, 0) is 20.9 Å². The third-order valence-corrected chi connectivity index (χ3v) is 4.88. The lowest BCUT2D eigenvalue weighted by atomic mass is 9.78. The fourth-order valence-electron chi connectivity index (χ4n) is 3.32. The summed E-state index contributed by atoms with van der Waals surface area (Å²) >= 11 is 0. The highest BCUT2D eigenvalue weighted by Gasteiger charge is 2.39. The zero-order valence-corrected chi connectivity index (χ0v) is 18.2. The first-order chi connectivity index (χ1) is 13.5. The van der Waals surface area contributed by atoms with E-state index < -0.39 is 5.41 Å². The molecule has 0 unspecified atom stereocenters. The smallest absolute Gasteiger partial charge is 0.257 e. The van der Waals surface area contributed by atoms with Crippen molar-refractivity contribution in [3.8, 4) is 11.5 Å². The summed E-state index contributed by atoms with van der Waals surface area (Å²) in [6.45, 7) is 4.74. The molecule has 29 heavy (non-hydrogen) atoms. The third kappa shape index (κ3) is 7.06. The molecule has 1 aromatic rings. The Hall–Kier alpha value is -2.03. The molecule has 0 atom stereocenters. The van der Waals surface area contributed by atoms with E-state index in [0.717, 1.165) is 31.5 Å². The van der Waals surface area contributed by atoms with E-state index in [1.165, 1.54) is 0 Å². The Kier molecular flexibility index (Phi) is 10.8. The summed E-state index contributed by atoms with van der Waals surface area (Å²) in [7, 11) is 3.17. The highest BCUT2D eigenvalue weighted by molar-refractivity contribution is 5.85. The van der Waals surface area contributed by atoms with Gasteiger partial charge in [-0.1, -0.05) is 6.07 Å². The molecule has 2 amide bonds. The Labute approximate surface area is 178 Å². The molecule has 0 aliphatic carbocycles. The van der Waals surface area contributed by atoms with Crippen molar-refractivity contribution in [1.29, 1.82) is 0 Å². The molecular formula is C20H32ClN3O5. The zero-order valence-electron chi connectivity index (χ0n) is 17.3. The van der Waals surface area contributed by atoms with Gasteiger partial charge >= 0.3 is 0 Å². The molecule has 0 spiro atoms. The second-order valence-corrected chi connectivity index (χ2v) is 6.87. The van der Waals surface area contributed by atoms with Gasteiger partial charge in [-0.3, -0.25) is 9.59 Å². The van der Waals surface area contributed by atoms with Crippen molar-refractivity contribution in [2.75, 3.05) is 47.1 Å². The standard InChI is InChI=1S/C20H31N3O5.ClH/c1-4-22-18(24)13-28-16-6-5-15(11-17(16)27-3)12-23-19(25)20(14-26-2)7-9-21-10-8-20;/h5-6,11,21H,4,7-10,12-14H2,1-3H3,(H,22,24)(H,23,25);1H. The van der Waals surface area contributed by atoms with Gasteiger partial charge in [0.05, 0.1) is 19.1 Å². The van der Waals surface area contributed by atoms with Crippen LogP contribution >= 0.6 is 12.4 Å². The maximum atomic E-state index is 12.8. The van der Waals surface area contributed by atoms with Crippen molar-refractivity contribution in [2.45, 2.75) is 26.3 Å². The molecule has 0 bridgehead atoms. The summed E-state index contributed by atoms with van der Waals surface area (Å²) in [5, 5.41) is 8.98. The Bertz CT molecular complexity index is 660. The van der Waals surface area contributed by atoms with Crippen LogP contribution in [0.5, 0.6) is 11.5 Å². The summed E-state index contributed by atoms with van der Waals surface area (Å²) in [5.41, 5.74) is 0.400. The van der Waals surface area contributed by atoms with Crippen LogP contribution < -0.4 is 25.4 Å². The number of rotatable bonds is 10. The number of piperidine rings is 1. The van der Waals surface area contributed by atoms with Crippen molar-refractivity contribution < 1.29 is 23.8 Å². The zero-order chi connectivity index (χ0) is 20.4. The summed E-state index contributed by atoms with van der Waals surface area (Å²) in [6.07, 6.45) is 1.51. The minimum atomic E-state index is -0.486. The quantitative estimate of drug-likeness (QED) is 0.518. The number of carbonyl (C=O) groups excluding carboxylic acids is 2. The SMILES string of the molecule is CCNC(=O)COc1ccc(CNC(=O)C2(COC)CCNCC2)cc1OC.Cl. The van der Waals surface area contributed by atoms with Crippen LogP contribution in [0.1, 0.15) is 25.3 Å². The van der Waals surface area contributed by atoms with Gasteiger partial charge in [0.25, 0.3) is 5.91 Å². The van der Waals surface area contributed by atoms with Crippen molar-refractivity contribution in [3.05, 3.63) is 23.8 Å². The van der Waals surface area contributed by atoms with Crippen LogP contribution in [0.25, 0.3) is 0 Å². The van der Waals surface area contributed by atoms with E-state index in [2.05, 4.69) is 16.0 Å². The number of halogens is 1. The molecular weight excluding hydrogens is 398 g/mol. The fraction of sp³-hybridized carbons (Fsp3) is 0.600. The largest absolute Gasteiger partial charge is 0.493 e. The lowest BCUT2D eigenvalue weighted by molar-refractivity contribution is -0.136. The number of nitrogens with one attached hydrogen (secondary N) is 3. The number of hydrogen-bond acceptors (Lipinski definition) is 6. The molecule has 9 heteroatoms. The van der Waals surface area contributed by atoms with Gasteiger partial charge in [-0.15, -0.1) is 12.4 Å². The van der Waals surface area contributed by atoms with Crippen LogP contribution in [0.3, 0.4) is 0 Å². The van der Waals surface area contributed by atoms with Crippen LogP contribution in [0.4, 0.5) is 0 Å². The minimum Gasteiger partial charge on any atom is -0.493 e. The predicted molar refractivity (Wildman–Crippen MR) is 113 cm³/mol. The minimum absolute atomic E-state index is 0. The van der Waals surface area contributed by atoms with E-state index in [1.54, 1.807) is 26.4 Å². The van der Waals surface area contributed by atoms with E-state index in [9.17, 15) is 9.59 Å². The van der Waals surface area contributed by atoms with Gasteiger partial charge in [0.1, 0.15) is 0 Å². The van der Waals surface area contributed by atoms with Crippen molar-refractivity contribution in [2.24, 2.45) is 5.41 Å².